The Morgan fingerprint density at radius 2 is 2.12 bits per heavy atom. The van der Waals surface area contributed by atoms with Crippen molar-refractivity contribution in [1.29, 1.82) is 0 Å². The van der Waals surface area contributed by atoms with Crippen LogP contribution in [0.25, 0.3) is 0 Å². The first-order valence-corrected chi connectivity index (χ1v) is 5.55. The highest BCUT2D eigenvalue weighted by molar-refractivity contribution is 5.83. The first kappa shape index (κ1) is 11.5. The topological polar surface area (TPSA) is 89.2 Å². The zero-order chi connectivity index (χ0) is 12.3. The van der Waals surface area contributed by atoms with E-state index >= 15 is 0 Å². The molecule has 2 rings (SSSR count). The Balaban J connectivity index is 2.23. The predicted octanol–water partition coefficient (Wildman–Crippen LogP) is 0.133. The third-order valence-electron chi connectivity index (χ3n) is 2.88. The lowest BCUT2D eigenvalue weighted by Gasteiger charge is -2.33. The summed E-state index contributed by atoms with van der Waals surface area (Å²) in [6.45, 7) is 0.716. The number of carbonyl (C=O) groups excluding carboxylic acids is 2. The van der Waals surface area contributed by atoms with Crippen molar-refractivity contribution in [2.45, 2.75) is 25.3 Å². The minimum Gasteiger partial charge on any atom is -0.368 e. The number of rotatable bonds is 3. The molecule has 1 amide bonds. The zero-order valence-corrected chi connectivity index (χ0v) is 9.37. The average molecular weight is 234 g/mol. The summed E-state index contributed by atoms with van der Waals surface area (Å²) in [4.78, 5) is 31.8. The first-order chi connectivity index (χ1) is 8.22. The number of anilines is 1. The lowest BCUT2D eigenvalue weighted by molar-refractivity contribution is -0.119. The van der Waals surface area contributed by atoms with Gasteiger partial charge < -0.3 is 10.6 Å². The Labute approximate surface area is 98.8 Å². The minimum absolute atomic E-state index is 0.342. The molecule has 1 unspecified atom stereocenters. The van der Waals surface area contributed by atoms with Crippen molar-refractivity contribution in [3.63, 3.8) is 0 Å². The third-order valence-corrected chi connectivity index (χ3v) is 2.88. The SMILES string of the molecule is NC(=O)C1CCCCN1c1ncc(C=O)cn1. The van der Waals surface area contributed by atoms with Crippen molar-refractivity contribution in [1.82, 2.24) is 9.97 Å². The fourth-order valence-electron chi connectivity index (χ4n) is 2.01. The molecule has 1 fully saturated rings. The van der Waals surface area contributed by atoms with E-state index in [4.69, 9.17) is 5.73 Å². The molecule has 1 atom stereocenters. The van der Waals surface area contributed by atoms with Gasteiger partial charge in [0.05, 0.1) is 5.56 Å². The van der Waals surface area contributed by atoms with Gasteiger partial charge in [0.15, 0.2) is 6.29 Å². The van der Waals surface area contributed by atoms with Gasteiger partial charge in [-0.25, -0.2) is 9.97 Å². The molecular formula is C11H14N4O2. The van der Waals surface area contributed by atoms with Crippen LogP contribution in [0.5, 0.6) is 0 Å². The van der Waals surface area contributed by atoms with Crippen LogP contribution in [0.3, 0.4) is 0 Å². The Kier molecular flexibility index (Phi) is 3.32. The summed E-state index contributed by atoms with van der Waals surface area (Å²) in [7, 11) is 0. The van der Waals surface area contributed by atoms with E-state index in [0.29, 0.717) is 24.3 Å². The van der Waals surface area contributed by atoms with Gasteiger partial charge >= 0.3 is 0 Å². The predicted molar refractivity (Wildman–Crippen MR) is 61.6 cm³/mol. The summed E-state index contributed by atoms with van der Waals surface area (Å²) in [6, 6.07) is -0.342. The molecular weight excluding hydrogens is 220 g/mol. The Morgan fingerprint density at radius 3 is 2.71 bits per heavy atom. The van der Waals surface area contributed by atoms with E-state index in [1.165, 1.54) is 12.4 Å². The van der Waals surface area contributed by atoms with Crippen molar-refractivity contribution in [3.8, 4) is 0 Å². The van der Waals surface area contributed by atoms with Crippen LogP contribution in [-0.2, 0) is 4.79 Å². The molecule has 0 bridgehead atoms. The van der Waals surface area contributed by atoms with E-state index in [0.717, 1.165) is 19.3 Å². The second-order valence-electron chi connectivity index (χ2n) is 4.04. The molecule has 1 aromatic rings. The Hall–Kier alpha value is -1.98. The molecule has 1 aliphatic heterocycles. The molecule has 90 valence electrons. The van der Waals surface area contributed by atoms with Crippen LogP contribution >= 0.6 is 0 Å². The van der Waals surface area contributed by atoms with Crippen molar-refractivity contribution in [2.75, 3.05) is 11.4 Å². The van der Waals surface area contributed by atoms with E-state index in [9.17, 15) is 9.59 Å². The maximum absolute atomic E-state index is 11.3. The van der Waals surface area contributed by atoms with Crippen LogP contribution in [0.15, 0.2) is 12.4 Å². The van der Waals surface area contributed by atoms with Crippen LogP contribution in [0.2, 0.25) is 0 Å². The first-order valence-electron chi connectivity index (χ1n) is 5.55. The van der Waals surface area contributed by atoms with E-state index in [2.05, 4.69) is 9.97 Å². The second-order valence-corrected chi connectivity index (χ2v) is 4.04. The molecule has 2 N–H and O–H groups in total. The highest BCUT2D eigenvalue weighted by Crippen LogP contribution is 2.21. The summed E-state index contributed by atoms with van der Waals surface area (Å²) in [5.74, 6) is 0.104. The summed E-state index contributed by atoms with van der Waals surface area (Å²) in [6.07, 6.45) is 6.28. The van der Waals surface area contributed by atoms with Gasteiger partial charge in [-0.15, -0.1) is 0 Å². The number of hydrogen-bond donors (Lipinski definition) is 1. The maximum atomic E-state index is 11.3. The fourth-order valence-corrected chi connectivity index (χ4v) is 2.01. The van der Waals surface area contributed by atoms with Gasteiger partial charge in [0.25, 0.3) is 0 Å². The van der Waals surface area contributed by atoms with Gasteiger partial charge in [-0.05, 0) is 19.3 Å². The highest BCUT2D eigenvalue weighted by atomic mass is 16.1. The molecule has 0 saturated carbocycles. The van der Waals surface area contributed by atoms with Gasteiger partial charge in [0, 0.05) is 18.9 Å². The largest absolute Gasteiger partial charge is 0.368 e. The van der Waals surface area contributed by atoms with Crippen molar-refractivity contribution in [2.24, 2.45) is 5.73 Å². The molecule has 0 spiro atoms. The number of carbonyl (C=O) groups is 2. The zero-order valence-electron chi connectivity index (χ0n) is 9.37. The number of aromatic nitrogens is 2. The lowest BCUT2D eigenvalue weighted by Crippen LogP contribution is -2.48. The number of hydrogen-bond acceptors (Lipinski definition) is 5. The number of nitrogens with two attached hydrogens (primary N) is 1. The van der Waals surface area contributed by atoms with E-state index in [1.54, 1.807) is 4.90 Å². The summed E-state index contributed by atoms with van der Waals surface area (Å²) < 4.78 is 0. The molecule has 6 heteroatoms. The molecule has 1 aliphatic rings. The van der Waals surface area contributed by atoms with Crippen LogP contribution in [0, 0.1) is 0 Å². The molecule has 1 aromatic heterocycles. The molecule has 2 heterocycles. The van der Waals surface area contributed by atoms with Crippen LogP contribution in [0.1, 0.15) is 29.6 Å². The van der Waals surface area contributed by atoms with Gasteiger partial charge in [-0.3, -0.25) is 9.59 Å². The van der Waals surface area contributed by atoms with E-state index in [-0.39, 0.29) is 11.9 Å². The van der Waals surface area contributed by atoms with Crippen molar-refractivity contribution in [3.05, 3.63) is 18.0 Å². The molecule has 1 saturated heterocycles. The van der Waals surface area contributed by atoms with Gasteiger partial charge in [0.1, 0.15) is 6.04 Å². The van der Waals surface area contributed by atoms with Crippen LogP contribution < -0.4 is 10.6 Å². The van der Waals surface area contributed by atoms with Gasteiger partial charge in [-0.1, -0.05) is 0 Å². The molecule has 6 nitrogen and oxygen atoms in total. The van der Waals surface area contributed by atoms with Crippen molar-refractivity contribution >= 4 is 18.1 Å². The number of amides is 1. The summed E-state index contributed by atoms with van der Waals surface area (Å²) in [5.41, 5.74) is 5.78. The lowest BCUT2D eigenvalue weighted by atomic mass is 10.0. The van der Waals surface area contributed by atoms with Gasteiger partial charge in [0.2, 0.25) is 11.9 Å². The fraction of sp³-hybridized carbons (Fsp3) is 0.455. The molecule has 17 heavy (non-hydrogen) atoms. The van der Waals surface area contributed by atoms with Crippen LogP contribution in [0.4, 0.5) is 5.95 Å². The van der Waals surface area contributed by atoms with Crippen molar-refractivity contribution < 1.29 is 9.59 Å². The normalized spacial score (nSPS) is 20.0. The molecule has 0 aromatic carbocycles. The number of primary amides is 1. The van der Waals surface area contributed by atoms with E-state index < -0.39 is 0 Å². The smallest absolute Gasteiger partial charge is 0.240 e. The number of nitrogens with zero attached hydrogens (tertiary/aromatic N) is 3. The average Bonchev–Trinajstić information content (AvgIpc) is 2.39. The third kappa shape index (κ3) is 2.41. The second kappa shape index (κ2) is 4.90. The van der Waals surface area contributed by atoms with Gasteiger partial charge in [-0.2, -0.15) is 0 Å². The summed E-state index contributed by atoms with van der Waals surface area (Å²) in [5, 5.41) is 0. The monoisotopic (exact) mass is 234 g/mol. The quantitative estimate of drug-likeness (QED) is 0.751. The summed E-state index contributed by atoms with van der Waals surface area (Å²) >= 11 is 0. The van der Waals surface area contributed by atoms with Crippen LogP contribution in [-0.4, -0.2) is 34.7 Å². The Bertz CT molecular complexity index is 418. The van der Waals surface area contributed by atoms with E-state index in [1.807, 2.05) is 0 Å². The number of piperidine rings is 1. The molecule has 0 aliphatic carbocycles. The minimum atomic E-state index is -0.354. The standard InChI is InChI=1S/C11H14N4O2/c12-10(17)9-3-1-2-4-15(9)11-13-5-8(7-16)6-14-11/h5-7,9H,1-4H2,(H2,12,17). The Morgan fingerprint density at radius 1 is 1.41 bits per heavy atom. The maximum Gasteiger partial charge on any atom is 0.240 e. The number of aldehydes is 1. The molecule has 0 radical (unpaired) electrons. The highest BCUT2D eigenvalue weighted by Gasteiger charge is 2.28.